The fourth-order valence-corrected chi connectivity index (χ4v) is 3.78. The number of carbonyl (C=O) groups excluding carboxylic acids is 1. The summed E-state index contributed by atoms with van der Waals surface area (Å²) in [5, 5.41) is 3.03. The standard InChI is InChI=1S/C15H14ClIN2O3S/c16-11-4-3-5-12(10-11)23(21,22)19-9-8-18-15(20)13-6-1-2-7-14(13)17/h1-7,10,19H,8-9H2,(H,18,20). The van der Waals surface area contributed by atoms with Crippen LogP contribution in [0.1, 0.15) is 10.4 Å². The van der Waals surface area contributed by atoms with Gasteiger partial charge in [0.2, 0.25) is 10.0 Å². The summed E-state index contributed by atoms with van der Waals surface area (Å²) in [7, 11) is -3.64. The SMILES string of the molecule is O=C(NCCNS(=O)(=O)c1cccc(Cl)c1)c1ccccc1I. The Morgan fingerprint density at radius 3 is 2.52 bits per heavy atom. The number of hydrogen-bond donors (Lipinski definition) is 2. The molecule has 0 aliphatic carbocycles. The van der Waals surface area contributed by atoms with Gasteiger partial charge in [-0.15, -0.1) is 0 Å². The summed E-state index contributed by atoms with van der Waals surface area (Å²) in [6, 6.07) is 13.2. The number of carbonyl (C=O) groups is 1. The lowest BCUT2D eigenvalue weighted by atomic mass is 10.2. The van der Waals surface area contributed by atoms with E-state index in [1.807, 2.05) is 12.1 Å². The van der Waals surface area contributed by atoms with Crippen LogP contribution in [0.3, 0.4) is 0 Å². The molecular weight excluding hydrogens is 451 g/mol. The Morgan fingerprint density at radius 2 is 1.83 bits per heavy atom. The van der Waals surface area contributed by atoms with Crippen LogP contribution in [0.15, 0.2) is 53.4 Å². The summed E-state index contributed by atoms with van der Waals surface area (Å²) in [5.41, 5.74) is 0.561. The molecule has 2 N–H and O–H groups in total. The summed E-state index contributed by atoms with van der Waals surface area (Å²) >= 11 is 7.86. The number of nitrogens with one attached hydrogen (secondary N) is 2. The minimum atomic E-state index is -3.64. The topological polar surface area (TPSA) is 75.3 Å². The molecule has 0 saturated heterocycles. The number of sulfonamides is 1. The van der Waals surface area contributed by atoms with Crippen LogP contribution in [0.5, 0.6) is 0 Å². The number of hydrogen-bond acceptors (Lipinski definition) is 3. The molecule has 0 bridgehead atoms. The van der Waals surface area contributed by atoms with Crippen LogP contribution in [-0.4, -0.2) is 27.4 Å². The molecule has 5 nitrogen and oxygen atoms in total. The van der Waals surface area contributed by atoms with Gasteiger partial charge >= 0.3 is 0 Å². The maximum Gasteiger partial charge on any atom is 0.252 e. The quantitative estimate of drug-likeness (QED) is 0.510. The van der Waals surface area contributed by atoms with E-state index in [1.165, 1.54) is 12.1 Å². The summed E-state index contributed by atoms with van der Waals surface area (Å²) in [4.78, 5) is 12.1. The van der Waals surface area contributed by atoms with Gasteiger partial charge in [0.1, 0.15) is 0 Å². The zero-order chi connectivity index (χ0) is 16.9. The molecule has 0 unspecified atom stereocenters. The van der Waals surface area contributed by atoms with Crippen LogP contribution in [0.25, 0.3) is 0 Å². The zero-order valence-electron chi connectivity index (χ0n) is 11.9. The Bertz CT molecular complexity index is 812. The van der Waals surface area contributed by atoms with E-state index in [2.05, 4.69) is 32.6 Å². The molecule has 0 atom stereocenters. The third-order valence-corrected chi connectivity index (χ3v) is 5.56. The van der Waals surface area contributed by atoms with Crippen LogP contribution in [0, 0.1) is 3.57 Å². The van der Waals surface area contributed by atoms with Gasteiger partial charge in [-0.2, -0.15) is 0 Å². The van der Waals surface area contributed by atoms with E-state index < -0.39 is 10.0 Å². The molecule has 0 fully saturated rings. The highest BCUT2D eigenvalue weighted by Crippen LogP contribution is 2.15. The van der Waals surface area contributed by atoms with Crippen LogP contribution in [0.4, 0.5) is 0 Å². The molecule has 0 heterocycles. The fraction of sp³-hybridized carbons (Fsp3) is 0.133. The predicted octanol–water partition coefficient (Wildman–Crippen LogP) is 2.65. The van der Waals surface area contributed by atoms with Gasteiger partial charge in [0.15, 0.2) is 0 Å². The molecule has 0 aliphatic rings. The normalized spacial score (nSPS) is 11.2. The molecule has 0 radical (unpaired) electrons. The average molecular weight is 465 g/mol. The maximum absolute atomic E-state index is 12.1. The number of amides is 1. The molecule has 2 aromatic rings. The second-order valence-electron chi connectivity index (χ2n) is 4.59. The van der Waals surface area contributed by atoms with Gasteiger partial charge in [-0.25, -0.2) is 13.1 Å². The molecule has 23 heavy (non-hydrogen) atoms. The molecule has 0 aliphatic heterocycles. The minimum absolute atomic E-state index is 0.0873. The van der Waals surface area contributed by atoms with Gasteiger partial charge in [-0.3, -0.25) is 4.79 Å². The summed E-state index contributed by atoms with van der Waals surface area (Å²) < 4.78 is 27.4. The van der Waals surface area contributed by atoms with Gasteiger partial charge in [0.25, 0.3) is 5.91 Å². The van der Waals surface area contributed by atoms with Crippen molar-refractivity contribution in [2.45, 2.75) is 4.90 Å². The van der Waals surface area contributed by atoms with Crippen molar-refractivity contribution in [3.63, 3.8) is 0 Å². The fourth-order valence-electron chi connectivity index (χ4n) is 1.82. The van der Waals surface area contributed by atoms with E-state index in [-0.39, 0.29) is 23.9 Å². The molecular formula is C15H14ClIN2O3S. The maximum atomic E-state index is 12.1. The Hall–Kier alpha value is -1.16. The first-order chi connectivity index (χ1) is 10.9. The average Bonchev–Trinajstić information content (AvgIpc) is 2.52. The highest BCUT2D eigenvalue weighted by molar-refractivity contribution is 14.1. The highest BCUT2D eigenvalue weighted by atomic mass is 127. The summed E-state index contributed by atoms with van der Waals surface area (Å²) in [6.07, 6.45) is 0. The lowest BCUT2D eigenvalue weighted by molar-refractivity contribution is 0.0953. The Labute approximate surface area is 153 Å². The van der Waals surface area contributed by atoms with Crippen molar-refractivity contribution in [3.05, 3.63) is 62.7 Å². The van der Waals surface area contributed by atoms with E-state index in [0.717, 1.165) is 3.57 Å². The molecule has 2 aromatic carbocycles. The Kier molecular flexibility index (Phi) is 6.40. The third-order valence-electron chi connectivity index (χ3n) is 2.93. The van der Waals surface area contributed by atoms with Crippen molar-refractivity contribution >= 4 is 50.1 Å². The number of benzene rings is 2. The van der Waals surface area contributed by atoms with Crippen molar-refractivity contribution < 1.29 is 13.2 Å². The first-order valence-electron chi connectivity index (χ1n) is 6.68. The molecule has 0 saturated carbocycles. The van der Waals surface area contributed by atoms with Crippen molar-refractivity contribution in [2.75, 3.05) is 13.1 Å². The summed E-state index contributed by atoms with van der Waals surface area (Å²) in [5.74, 6) is -0.239. The second-order valence-corrected chi connectivity index (χ2v) is 7.96. The van der Waals surface area contributed by atoms with Crippen molar-refractivity contribution in [2.24, 2.45) is 0 Å². The Balaban J connectivity index is 1.88. The first-order valence-corrected chi connectivity index (χ1v) is 9.62. The highest BCUT2D eigenvalue weighted by Gasteiger charge is 2.14. The first kappa shape index (κ1) is 18.2. The zero-order valence-corrected chi connectivity index (χ0v) is 15.7. The van der Waals surface area contributed by atoms with Gasteiger partial charge in [-0.05, 0) is 52.9 Å². The van der Waals surface area contributed by atoms with E-state index in [9.17, 15) is 13.2 Å². The van der Waals surface area contributed by atoms with Gasteiger partial charge in [0, 0.05) is 21.7 Å². The van der Waals surface area contributed by atoms with E-state index in [1.54, 1.807) is 24.3 Å². The van der Waals surface area contributed by atoms with E-state index in [4.69, 9.17) is 11.6 Å². The van der Waals surface area contributed by atoms with Crippen LogP contribution < -0.4 is 10.0 Å². The minimum Gasteiger partial charge on any atom is -0.351 e. The van der Waals surface area contributed by atoms with Crippen molar-refractivity contribution in [3.8, 4) is 0 Å². The van der Waals surface area contributed by atoms with E-state index in [0.29, 0.717) is 10.6 Å². The third kappa shape index (κ3) is 5.17. The van der Waals surface area contributed by atoms with Crippen molar-refractivity contribution in [1.82, 2.24) is 10.0 Å². The van der Waals surface area contributed by atoms with Gasteiger partial charge in [0.05, 0.1) is 10.5 Å². The van der Waals surface area contributed by atoms with Crippen LogP contribution in [-0.2, 0) is 10.0 Å². The van der Waals surface area contributed by atoms with Gasteiger partial charge < -0.3 is 5.32 Å². The monoisotopic (exact) mass is 464 g/mol. The Morgan fingerprint density at radius 1 is 1.09 bits per heavy atom. The molecule has 0 aromatic heterocycles. The van der Waals surface area contributed by atoms with E-state index >= 15 is 0 Å². The molecule has 1 amide bonds. The number of halogens is 2. The van der Waals surface area contributed by atoms with Gasteiger partial charge in [-0.1, -0.05) is 29.8 Å². The lowest BCUT2D eigenvalue weighted by Gasteiger charge is -2.09. The predicted molar refractivity (Wildman–Crippen MR) is 98.1 cm³/mol. The number of rotatable bonds is 6. The van der Waals surface area contributed by atoms with Crippen LogP contribution in [0.2, 0.25) is 5.02 Å². The molecule has 8 heteroatoms. The lowest BCUT2D eigenvalue weighted by Crippen LogP contribution is -2.35. The van der Waals surface area contributed by atoms with Crippen LogP contribution >= 0.6 is 34.2 Å². The molecule has 122 valence electrons. The van der Waals surface area contributed by atoms with Crippen molar-refractivity contribution in [1.29, 1.82) is 0 Å². The second kappa shape index (κ2) is 8.09. The summed E-state index contributed by atoms with van der Waals surface area (Å²) in [6.45, 7) is 0.271. The molecule has 2 rings (SSSR count). The smallest absolute Gasteiger partial charge is 0.252 e. The molecule has 0 spiro atoms. The largest absolute Gasteiger partial charge is 0.351 e.